The highest BCUT2D eigenvalue weighted by Crippen LogP contribution is 2.35. The van der Waals surface area contributed by atoms with Gasteiger partial charge in [0.15, 0.2) is 0 Å². The van der Waals surface area contributed by atoms with Gasteiger partial charge in [0.2, 0.25) is 11.8 Å². The summed E-state index contributed by atoms with van der Waals surface area (Å²) in [5, 5.41) is 3.00. The van der Waals surface area contributed by atoms with Gasteiger partial charge in [0.05, 0.1) is 17.7 Å². The van der Waals surface area contributed by atoms with Crippen LogP contribution in [0.4, 0.5) is 5.69 Å². The van der Waals surface area contributed by atoms with E-state index in [0.29, 0.717) is 6.54 Å². The van der Waals surface area contributed by atoms with Gasteiger partial charge >= 0.3 is 0 Å². The number of ether oxygens (including phenoxy) is 1. The van der Waals surface area contributed by atoms with E-state index in [1.54, 1.807) is 38.1 Å². The Morgan fingerprint density at radius 1 is 1.00 bits per heavy atom. The van der Waals surface area contributed by atoms with E-state index in [-0.39, 0.29) is 33.8 Å². The Hall–Kier alpha value is -3.56. The fourth-order valence-corrected chi connectivity index (χ4v) is 5.38. The van der Waals surface area contributed by atoms with E-state index in [0.717, 1.165) is 9.87 Å². The SMILES string of the molecule is CCNC(=O)[C@@H](C)N(Cc1ccccc1)C(=O)CN(c1cc(Cl)ccc1OC)S(=O)(=O)c1ccccc1. The second-order valence-electron chi connectivity index (χ2n) is 8.22. The molecule has 1 atom stereocenters. The van der Waals surface area contributed by atoms with E-state index in [4.69, 9.17) is 16.3 Å². The summed E-state index contributed by atoms with van der Waals surface area (Å²) in [6, 6.07) is 20.7. The van der Waals surface area contributed by atoms with Crippen molar-refractivity contribution in [3.05, 3.63) is 89.4 Å². The second-order valence-corrected chi connectivity index (χ2v) is 10.5. The van der Waals surface area contributed by atoms with Crippen LogP contribution < -0.4 is 14.4 Å². The molecule has 0 bridgehead atoms. The molecule has 0 fully saturated rings. The van der Waals surface area contributed by atoms with Gasteiger partial charge in [-0.05, 0) is 49.7 Å². The highest BCUT2D eigenvalue weighted by molar-refractivity contribution is 7.92. The van der Waals surface area contributed by atoms with Crippen LogP contribution in [0.1, 0.15) is 19.4 Å². The van der Waals surface area contributed by atoms with E-state index in [1.807, 2.05) is 30.3 Å². The van der Waals surface area contributed by atoms with Gasteiger partial charge in [0, 0.05) is 18.1 Å². The van der Waals surface area contributed by atoms with E-state index < -0.39 is 28.5 Å². The third-order valence-electron chi connectivity index (χ3n) is 5.73. The summed E-state index contributed by atoms with van der Waals surface area (Å²) in [6.45, 7) is 3.33. The summed E-state index contributed by atoms with van der Waals surface area (Å²) in [4.78, 5) is 27.9. The number of rotatable bonds is 11. The molecule has 0 saturated carbocycles. The first kappa shape index (κ1) is 28.0. The third kappa shape index (κ3) is 6.81. The lowest BCUT2D eigenvalue weighted by Crippen LogP contribution is -2.51. The number of nitrogens with zero attached hydrogens (tertiary/aromatic N) is 2. The standard InChI is InChI=1S/C27H30ClN3O5S/c1-4-29-27(33)20(2)30(18-21-11-7-5-8-12-21)26(32)19-31(24-17-22(28)15-16-25(24)36-3)37(34,35)23-13-9-6-10-14-23/h5-17,20H,4,18-19H2,1-3H3,(H,29,33)/t20-/m1/s1. The van der Waals surface area contributed by atoms with Crippen molar-refractivity contribution in [1.29, 1.82) is 0 Å². The second kappa shape index (κ2) is 12.6. The number of nitrogens with one attached hydrogen (secondary N) is 1. The molecule has 0 heterocycles. The lowest BCUT2D eigenvalue weighted by Gasteiger charge is -2.32. The van der Waals surface area contributed by atoms with Crippen LogP contribution in [0.3, 0.4) is 0 Å². The minimum absolute atomic E-state index is 0.00351. The van der Waals surface area contributed by atoms with E-state index in [1.165, 1.54) is 36.3 Å². The Kier molecular flexibility index (Phi) is 9.54. The fraction of sp³-hybridized carbons (Fsp3) is 0.259. The summed E-state index contributed by atoms with van der Waals surface area (Å²) < 4.78 is 34.0. The first-order chi connectivity index (χ1) is 17.7. The number of hydrogen-bond acceptors (Lipinski definition) is 5. The van der Waals surface area contributed by atoms with Gasteiger partial charge in [-0.3, -0.25) is 13.9 Å². The van der Waals surface area contributed by atoms with Crippen LogP contribution in [0.2, 0.25) is 5.02 Å². The highest BCUT2D eigenvalue weighted by atomic mass is 35.5. The first-order valence-corrected chi connectivity index (χ1v) is 13.5. The van der Waals surface area contributed by atoms with Crippen LogP contribution in [-0.2, 0) is 26.2 Å². The third-order valence-corrected chi connectivity index (χ3v) is 7.74. The average molecular weight is 544 g/mol. The van der Waals surface area contributed by atoms with Gasteiger partial charge in [0.25, 0.3) is 10.0 Å². The van der Waals surface area contributed by atoms with Crippen LogP contribution in [0.25, 0.3) is 0 Å². The Morgan fingerprint density at radius 2 is 1.62 bits per heavy atom. The molecule has 0 saturated heterocycles. The van der Waals surface area contributed by atoms with Crippen LogP contribution in [0, 0.1) is 0 Å². The number of benzene rings is 3. The molecule has 3 aromatic rings. The van der Waals surface area contributed by atoms with Crippen LogP contribution in [0.15, 0.2) is 83.8 Å². The predicted octanol–water partition coefficient (Wildman–Crippen LogP) is 4.10. The van der Waals surface area contributed by atoms with Gasteiger partial charge in [0.1, 0.15) is 18.3 Å². The Bertz CT molecular complexity index is 1320. The molecule has 3 rings (SSSR count). The number of sulfonamides is 1. The van der Waals surface area contributed by atoms with E-state index in [9.17, 15) is 18.0 Å². The normalized spacial score (nSPS) is 11.9. The van der Waals surface area contributed by atoms with Crippen molar-refractivity contribution in [2.45, 2.75) is 31.3 Å². The molecular weight excluding hydrogens is 514 g/mol. The number of likely N-dealkylation sites (N-methyl/N-ethyl adjacent to an activating group) is 1. The minimum atomic E-state index is -4.21. The summed E-state index contributed by atoms with van der Waals surface area (Å²) in [7, 11) is -2.81. The molecule has 0 aliphatic rings. The maximum atomic E-state index is 13.8. The summed E-state index contributed by atoms with van der Waals surface area (Å²) >= 11 is 6.22. The first-order valence-electron chi connectivity index (χ1n) is 11.7. The average Bonchev–Trinajstić information content (AvgIpc) is 2.91. The van der Waals surface area contributed by atoms with Crippen molar-refractivity contribution in [2.24, 2.45) is 0 Å². The van der Waals surface area contributed by atoms with Crippen molar-refractivity contribution < 1.29 is 22.7 Å². The molecule has 2 amide bonds. The Morgan fingerprint density at radius 3 is 2.22 bits per heavy atom. The lowest BCUT2D eigenvalue weighted by atomic mass is 10.1. The molecule has 10 heteroatoms. The molecule has 37 heavy (non-hydrogen) atoms. The summed E-state index contributed by atoms with van der Waals surface area (Å²) in [5.74, 6) is -0.684. The molecule has 0 aliphatic carbocycles. The molecule has 196 valence electrons. The molecule has 0 radical (unpaired) electrons. The monoisotopic (exact) mass is 543 g/mol. The zero-order valence-electron chi connectivity index (χ0n) is 20.9. The quantitative estimate of drug-likeness (QED) is 0.393. The fourth-order valence-electron chi connectivity index (χ4n) is 3.78. The maximum Gasteiger partial charge on any atom is 0.264 e. The van der Waals surface area contributed by atoms with Gasteiger partial charge in [-0.15, -0.1) is 0 Å². The molecule has 1 N–H and O–H groups in total. The van der Waals surface area contributed by atoms with Crippen LogP contribution in [-0.4, -0.2) is 51.4 Å². The van der Waals surface area contributed by atoms with E-state index in [2.05, 4.69) is 5.32 Å². The van der Waals surface area contributed by atoms with Crippen molar-refractivity contribution >= 4 is 39.1 Å². The number of carbonyl (C=O) groups excluding carboxylic acids is 2. The van der Waals surface area contributed by atoms with Crippen molar-refractivity contribution in [3.8, 4) is 5.75 Å². The Balaban J connectivity index is 2.08. The van der Waals surface area contributed by atoms with Gasteiger partial charge in [-0.2, -0.15) is 0 Å². The predicted molar refractivity (Wildman–Crippen MR) is 144 cm³/mol. The molecule has 0 aliphatic heterocycles. The molecule has 0 unspecified atom stereocenters. The zero-order chi connectivity index (χ0) is 27.0. The topological polar surface area (TPSA) is 96.0 Å². The Labute approximate surface area is 222 Å². The highest BCUT2D eigenvalue weighted by Gasteiger charge is 2.33. The van der Waals surface area contributed by atoms with Crippen LogP contribution >= 0.6 is 11.6 Å². The maximum absolute atomic E-state index is 13.8. The molecule has 8 nitrogen and oxygen atoms in total. The smallest absolute Gasteiger partial charge is 0.264 e. The summed E-state index contributed by atoms with van der Waals surface area (Å²) in [6.07, 6.45) is 0. The minimum Gasteiger partial charge on any atom is -0.495 e. The van der Waals surface area contributed by atoms with E-state index >= 15 is 0 Å². The largest absolute Gasteiger partial charge is 0.495 e. The van der Waals surface area contributed by atoms with Crippen molar-refractivity contribution in [3.63, 3.8) is 0 Å². The van der Waals surface area contributed by atoms with Gasteiger partial charge in [-0.25, -0.2) is 8.42 Å². The molecule has 0 spiro atoms. The number of methoxy groups -OCH3 is 1. The number of anilines is 1. The van der Waals surface area contributed by atoms with Crippen molar-refractivity contribution in [1.82, 2.24) is 10.2 Å². The number of halogens is 1. The lowest BCUT2D eigenvalue weighted by molar-refractivity contribution is -0.139. The van der Waals surface area contributed by atoms with Gasteiger partial charge < -0.3 is 15.0 Å². The number of hydrogen-bond donors (Lipinski definition) is 1. The molecule has 3 aromatic carbocycles. The number of carbonyl (C=O) groups is 2. The molecule has 0 aromatic heterocycles. The summed E-state index contributed by atoms with van der Waals surface area (Å²) in [5.41, 5.74) is 0.905. The van der Waals surface area contributed by atoms with Crippen molar-refractivity contribution in [2.75, 3.05) is 24.5 Å². The van der Waals surface area contributed by atoms with Crippen LogP contribution in [0.5, 0.6) is 5.75 Å². The van der Waals surface area contributed by atoms with Gasteiger partial charge in [-0.1, -0.05) is 60.1 Å². The zero-order valence-corrected chi connectivity index (χ0v) is 22.5. The number of amides is 2. The molecular formula is C27H30ClN3O5S.